The number of nitrogens with one attached hydrogen (secondary N) is 1. The number of methoxy groups -OCH3 is 1. The number of nitrogens with zero attached hydrogens (tertiary/aromatic N) is 3. The SMILES string of the molecule is COc1ccc(NC(=O)c2nnc(C3CCN(C(=O)c4cccc(C)c4)CC3)s2)cc1. The zero-order valence-corrected chi connectivity index (χ0v) is 18.3. The average molecular weight is 437 g/mol. The van der Waals surface area contributed by atoms with Crippen molar-refractivity contribution in [2.45, 2.75) is 25.7 Å². The molecule has 1 aliphatic heterocycles. The number of amides is 2. The number of anilines is 1. The molecule has 0 aliphatic carbocycles. The van der Waals surface area contributed by atoms with Crippen molar-refractivity contribution in [3.8, 4) is 5.75 Å². The number of likely N-dealkylation sites (tertiary alicyclic amines) is 1. The summed E-state index contributed by atoms with van der Waals surface area (Å²) in [6.07, 6.45) is 1.62. The summed E-state index contributed by atoms with van der Waals surface area (Å²) in [7, 11) is 1.60. The molecule has 2 aromatic carbocycles. The van der Waals surface area contributed by atoms with Crippen LogP contribution in [0.2, 0.25) is 0 Å². The van der Waals surface area contributed by atoms with Gasteiger partial charge >= 0.3 is 0 Å². The van der Waals surface area contributed by atoms with Crippen LogP contribution in [0.4, 0.5) is 5.69 Å². The Labute approximate surface area is 185 Å². The fraction of sp³-hybridized carbons (Fsp3) is 0.304. The Hall–Kier alpha value is -3.26. The highest BCUT2D eigenvalue weighted by Crippen LogP contribution is 2.31. The van der Waals surface area contributed by atoms with Crippen molar-refractivity contribution in [2.24, 2.45) is 0 Å². The second-order valence-electron chi connectivity index (χ2n) is 7.56. The Kier molecular flexibility index (Phi) is 6.27. The normalized spacial score (nSPS) is 14.3. The summed E-state index contributed by atoms with van der Waals surface area (Å²) in [5, 5.41) is 12.4. The Balaban J connectivity index is 1.34. The summed E-state index contributed by atoms with van der Waals surface area (Å²) >= 11 is 1.32. The summed E-state index contributed by atoms with van der Waals surface area (Å²) in [6, 6.07) is 14.8. The zero-order chi connectivity index (χ0) is 21.8. The van der Waals surface area contributed by atoms with Gasteiger partial charge in [-0.3, -0.25) is 9.59 Å². The summed E-state index contributed by atoms with van der Waals surface area (Å²) in [5.74, 6) is 0.727. The summed E-state index contributed by atoms with van der Waals surface area (Å²) in [6.45, 7) is 3.33. The number of aryl methyl sites for hydroxylation is 1. The third-order valence-corrected chi connectivity index (χ3v) is 6.46. The molecule has 0 bridgehead atoms. The summed E-state index contributed by atoms with van der Waals surface area (Å²) in [5.41, 5.74) is 2.48. The van der Waals surface area contributed by atoms with E-state index in [4.69, 9.17) is 4.74 Å². The number of ether oxygens (including phenoxy) is 1. The molecule has 8 heteroatoms. The number of hydrogen-bond donors (Lipinski definition) is 1. The second-order valence-corrected chi connectivity index (χ2v) is 8.57. The Morgan fingerprint density at radius 3 is 2.52 bits per heavy atom. The van der Waals surface area contributed by atoms with Crippen LogP contribution in [-0.4, -0.2) is 47.1 Å². The van der Waals surface area contributed by atoms with Crippen LogP contribution in [-0.2, 0) is 0 Å². The van der Waals surface area contributed by atoms with Gasteiger partial charge in [-0.2, -0.15) is 0 Å². The predicted molar refractivity (Wildman–Crippen MR) is 120 cm³/mol. The third kappa shape index (κ3) is 4.91. The van der Waals surface area contributed by atoms with Crippen LogP contribution in [0.5, 0.6) is 5.75 Å². The van der Waals surface area contributed by atoms with E-state index in [-0.39, 0.29) is 17.7 Å². The van der Waals surface area contributed by atoms with E-state index in [9.17, 15) is 9.59 Å². The van der Waals surface area contributed by atoms with E-state index in [0.717, 1.165) is 34.7 Å². The van der Waals surface area contributed by atoms with Gasteiger partial charge in [0.15, 0.2) is 0 Å². The van der Waals surface area contributed by atoms with Gasteiger partial charge in [0.1, 0.15) is 10.8 Å². The molecule has 1 saturated heterocycles. The van der Waals surface area contributed by atoms with Crippen LogP contribution in [0.15, 0.2) is 48.5 Å². The number of benzene rings is 2. The van der Waals surface area contributed by atoms with Crippen molar-refractivity contribution < 1.29 is 14.3 Å². The first-order valence-electron chi connectivity index (χ1n) is 10.2. The molecule has 0 saturated carbocycles. The molecule has 0 unspecified atom stereocenters. The zero-order valence-electron chi connectivity index (χ0n) is 17.5. The van der Waals surface area contributed by atoms with Crippen LogP contribution in [0.1, 0.15) is 49.5 Å². The molecule has 31 heavy (non-hydrogen) atoms. The number of aromatic nitrogens is 2. The molecule has 0 spiro atoms. The first-order chi connectivity index (χ1) is 15.0. The van der Waals surface area contributed by atoms with Crippen LogP contribution < -0.4 is 10.1 Å². The molecule has 0 atom stereocenters. The lowest BCUT2D eigenvalue weighted by molar-refractivity contribution is 0.0712. The van der Waals surface area contributed by atoms with E-state index in [1.54, 1.807) is 31.4 Å². The molecule has 1 aromatic heterocycles. The molecule has 4 rings (SSSR count). The highest BCUT2D eigenvalue weighted by molar-refractivity contribution is 7.13. The molecular weight excluding hydrogens is 412 g/mol. The first kappa shape index (κ1) is 21.0. The number of piperidine rings is 1. The van der Waals surface area contributed by atoms with E-state index in [1.807, 2.05) is 36.1 Å². The standard InChI is InChI=1S/C23H24N4O3S/c1-15-4-3-5-17(14-15)23(29)27-12-10-16(11-13-27)21-25-26-22(31-21)20(28)24-18-6-8-19(30-2)9-7-18/h3-9,14,16H,10-13H2,1-2H3,(H,24,28). The van der Waals surface area contributed by atoms with Crippen molar-refractivity contribution >= 4 is 28.8 Å². The monoisotopic (exact) mass is 436 g/mol. The second kappa shape index (κ2) is 9.26. The maximum absolute atomic E-state index is 12.7. The van der Waals surface area contributed by atoms with Gasteiger partial charge in [-0.05, 0) is 56.2 Å². The van der Waals surface area contributed by atoms with Crippen molar-refractivity contribution in [1.82, 2.24) is 15.1 Å². The van der Waals surface area contributed by atoms with Gasteiger partial charge in [0.2, 0.25) is 5.01 Å². The minimum atomic E-state index is -0.277. The summed E-state index contributed by atoms with van der Waals surface area (Å²) in [4.78, 5) is 27.1. The quantitative estimate of drug-likeness (QED) is 0.650. The highest BCUT2D eigenvalue weighted by atomic mass is 32.1. The maximum atomic E-state index is 12.7. The minimum absolute atomic E-state index is 0.0685. The lowest BCUT2D eigenvalue weighted by Crippen LogP contribution is -2.37. The van der Waals surface area contributed by atoms with Crippen LogP contribution in [0, 0.1) is 6.92 Å². The topological polar surface area (TPSA) is 84.4 Å². The number of hydrogen-bond acceptors (Lipinski definition) is 6. The molecule has 160 valence electrons. The average Bonchev–Trinajstić information content (AvgIpc) is 3.30. The molecule has 2 heterocycles. The van der Waals surface area contributed by atoms with Gasteiger partial charge < -0.3 is 15.0 Å². The van der Waals surface area contributed by atoms with Gasteiger partial charge in [0.05, 0.1) is 7.11 Å². The van der Waals surface area contributed by atoms with E-state index >= 15 is 0 Å². The van der Waals surface area contributed by atoms with E-state index < -0.39 is 0 Å². The van der Waals surface area contributed by atoms with Crippen molar-refractivity contribution in [1.29, 1.82) is 0 Å². The predicted octanol–water partition coefficient (Wildman–Crippen LogP) is 4.13. The van der Waals surface area contributed by atoms with E-state index in [1.165, 1.54) is 11.3 Å². The molecule has 3 aromatic rings. The van der Waals surface area contributed by atoms with Crippen molar-refractivity contribution in [3.63, 3.8) is 0 Å². The lowest BCUT2D eigenvalue weighted by atomic mass is 9.97. The van der Waals surface area contributed by atoms with Gasteiger partial charge in [-0.1, -0.05) is 29.0 Å². The number of rotatable bonds is 5. The molecule has 2 amide bonds. The highest BCUT2D eigenvalue weighted by Gasteiger charge is 2.27. The Morgan fingerprint density at radius 2 is 1.84 bits per heavy atom. The molecule has 7 nitrogen and oxygen atoms in total. The molecule has 1 N–H and O–H groups in total. The largest absolute Gasteiger partial charge is 0.497 e. The van der Waals surface area contributed by atoms with Crippen LogP contribution >= 0.6 is 11.3 Å². The van der Waals surface area contributed by atoms with Gasteiger partial charge in [0, 0.05) is 30.3 Å². The molecule has 1 aliphatic rings. The van der Waals surface area contributed by atoms with Crippen molar-refractivity contribution in [2.75, 3.05) is 25.5 Å². The lowest BCUT2D eigenvalue weighted by Gasteiger charge is -2.31. The molecule has 0 radical (unpaired) electrons. The van der Waals surface area contributed by atoms with Crippen molar-refractivity contribution in [3.05, 3.63) is 69.7 Å². The van der Waals surface area contributed by atoms with Crippen LogP contribution in [0.3, 0.4) is 0 Å². The molecular formula is C23H24N4O3S. The minimum Gasteiger partial charge on any atom is -0.497 e. The fourth-order valence-corrected chi connectivity index (χ4v) is 4.55. The first-order valence-corrected chi connectivity index (χ1v) is 11.0. The fourth-order valence-electron chi connectivity index (χ4n) is 3.64. The third-order valence-electron chi connectivity index (χ3n) is 5.38. The Bertz CT molecular complexity index is 1070. The summed E-state index contributed by atoms with van der Waals surface area (Å²) < 4.78 is 5.12. The van der Waals surface area contributed by atoms with E-state index in [0.29, 0.717) is 23.8 Å². The smallest absolute Gasteiger partial charge is 0.286 e. The Morgan fingerprint density at radius 1 is 1.10 bits per heavy atom. The number of carbonyl (C=O) groups is 2. The maximum Gasteiger partial charge on any atom is 0.286 e. The number of carbonyl (C=O) groups excluding carboxylic acids is 2. The van der Waals surface area contributed by atoms with Crippen LogP contribution in [0.25, 0.3) is 0 Å². The van der Waals surface area contributed by atoms with Gasteiger partial charge in [0.25, 0.3) is 11.8 Å². The van der Waals surface area contributed by atoms with Gasteiger partial charge in [-0.25, -0.2) is 0 Å². The molecule has 1 fully saturated rings. The van der Waals surface area contributed by atoms with E-state index in [2.05, 4.69) is 15.5 Å². The van der Waals surface area contributed by atoms with Gasteiger partial charge in [-0.15, -0.1) is 10.2 Å².